The van der Waals surface area contributed by atoms with Crippen LogP contribution in [0.4, 0.5) is 5.69 Å². The number of nitro groups is 1. The summed E-state index contributed by atoms with van der Waals surface area (Å²) in [7, 11) is 0. The average Bonchev–Trinajstić information content (AvgIpc) is 2.89. The minimum atomic E-state index is -1.28. The summed E-state index contributed by atoms with van der Waals surface area (Å²) in [4.78, 5) is 36.4. The molecule has 128 valence electrons. The fourth-order valence-electron chi connectivity index (χ4n) is 4.17. The zero-order valence-corrected chi connectivity index (χ0v) is 13.5. The standard InChI is InChI=1S/C17H20N2O5/c1-10-6-11-4-2-3-5-15(11)18(10)16(20)12-7-13(17(21)22)9-14(8-12)19(23)24/h7-11,15H,2-6H2,1H3,(H,21,22). The van der Waals surface area contributed by atoms with Gasteiger partial charge in [-0.3, -0.25) is 14.9 Å². The maximum atomic E-state index is 13.0. The van der Waals surface area contributed by atoms with E-state index in [1.165, 1.54) is 18.6 Å². The first-order valence-electron chi connectivity index (χ1n) is 8.24. The molecule has 1 aliphatic heterocycles. The van der Waals surface area contributed by atoms with Crippen molar-refractivity contribution >= 4 is 17.6 Å². The van der Waals surface area contributed by atoms with E-state index in [2.05, 4.69) is 0 Å². The molecule has 0 aromatic heterocycles. The number of rotatable bonds is 3. The summed E-state index contributed by atoms with van der Waals surface area (Å²) >= 11 is 0. The van der Waals surface area contributed by atoms with Crippen LogP contribution in [0.3, 0.4) is 0 Å². The molecule has 2 fully saturated rings. The second-order valence-electron chi connectivity index (χ2n) is 6.74. The lowest BCUT2D eigenvalue weighted by atomic mass is 9.85. The number of likely N-dealkylation sites (tertiary alicyclic amines) is 1. The predicted octanol–water partition coefficient (Wildman–Crippen LogP) is 3.09. The number of nitrogens with zero attached hydrogens (tertiary/aromatic N) is 2. The number of carboxylic acids is 1. The highest BCUT2D eigenvalue weighted by molar-refractivity contribution is 5.99. The van der Waals surface area contributed by atoms with Crippen LogP contribution in [-0.2, 0) is 0 Å². The smallest absolute Gasteiger partial charge is 0.335 e. The normalized spacial score (nSPS) is 26.0. The lowest BCUT2D eigenvalue weighted by molar-refractivity contribution is -0.384. The summed E-state index contributed by atoms with van der Waals surface area (Å²) in [5, 5.41) is 20.2. The summed E-state index contributed by atoms with van der Waals surface area (Å²) in [5.74, 6) is -1.10. The molecule has 1 amide bonds. The lowest BCUT2D eigenvalue weighted by Gasteiger charge is -2.33. The van der Waals surface area contributed by atoms with Crippen LogP contribution in [0, 0.1) is 16.0 Å². The molecular weight excluding hydrogens is 312 g/mol. The van der Waals surface area contributed by atoms with E-state index in [1.807, 2.05) is 11.8 Å². The molecule has 3 rings (SSSR count). The molecule has 0 spiro atoms. The summed E-state index contributed by atoms with van der Waals surface area (Å²) in [5.41, 5.74) is -0.524. The molecule has 1 saturated carbocycles. The zero-order chi connectivity index (χ0) is 17.4. The molecule has 3 unspecified atom stereocenters. The Bertz CT molecular complexity index is 670. The first kappa shape index (κ1) is 16.4. The van der Waals surface area contributed by atoms with Crippen LogP contribution >= 0.6 is 0 Å². The summed E-state index contributed by atoms with van der Waals surface area (Å²) in [6, 6.07) is 3.63. The Kier molecular flexibility index (Phi) is 4.26. The molecule has 1 heterocycles. The van der Waals surface area contributed by atoms with Crippen molar-refractivity contribution in [3.63, 3.8) is 0 Å². The van der Waals surface area contributed by atoms with Gasteiger partial charge in [-0.05, 0) is 38.2 Å². The number of carbonyl (C=O) groups excluding carboxylic acids is 1. The fourth-order valence-corrected chi connectivity index (χ4v) is 4.17. The van der Waals surface area contributed by atoms with Crippen molar-refractivity contribution in [2.45, 2.75) is 51.1 Å². The monoisotopic (exact) mass is 332 g/mol. The van der Waals surface area contributed by atoms with Crippen LogP contribution < -0.4 is 0 Å². The van der Waals surface area contributed by atoms with E-state index in [9.17, 15) is 19.7 Å². The Morgan fingerprint density at radius 3 is 2.54 bits per heavy atom. The first-order chi connectivity index (χ1) is 11.4. The Morgan fingerprint density at radius 2 is 1.88 bits per heavy atom. The average molecular weight is 332 g/mol. The number of non-ortho nitro benzene ring substituents is 1. The van der Waals surface area contributed by atoms with Crippen LogP contribution in [0.5, 0.6) is 0 Å². The third kappa shape index (κ3) is 2.86. The number of benzene rings is 1. The second kappa shape index (κ2) is 6.22. The Hall–Kier alpha value is -2.44. The minimum absolute atomic E-state index is 0.0677. The van der Waals surface area contributed by atoms with Gasteiger partial charge in [-0.2, -0.15) is 0 Å². The molecule has 24 heavy (non-hydrogen) atoms. The van der Waals surface area contributed by atoms with Gasteiger partial charge >= 0.3 is 5.97 Å². The van der Waals surface area contributed by atoms with Gasteiger partial charge in [0.05, 0.1) is 10.5 Å². The van der Waals surface area contributed by atoms with Gasteiger partial charge in [0.2, 0.25) is 0 Å². The van der Waals surface area contributed by atoms with Crippen molar-refractivity contribution in [2.24, 2.45) is 5.92 Å². The molecule has 0 radical (unpaired) electrons. The van der Waals surface area contributed by atoms with E-state index in [4.69, 9.17) is 5.11 Å². The van der Waals surface area contributed by atoms with E-state index in [0.29, 0.717) is 5.92 Å². The van der Waals surface area contributed by atoms with Gasteiger partial charge < -0.3 is 10.0 Å². The topological polar surface area (TPSA) is 101 Å². The van der Waals surface area contributed by atoms with Crippen LogP contribution in [0.15, 0.2) is 18.2 Å². The fraction of sp³-hybridized carbons (Fsp3) is 0.529. The predicted molar refractivity (Wildman–Crippen MR) is 86.1 cm³/mol. The second-order valence-corrected chi connectivity index (χ2v) is 6.74. The van der Waals surface area contributed by atoms with Crippen molar-refractivity contribution in [3.05, 3.63) is 39.4 Å². The largest absolute Gasteiger partial charge is 0.478 e. The zero-order valence-electron chi connectivity index (χ0n) is 13.5. The van der Waals surface area contributed by atoms with Crippen molar-refractivity contribution in [2.75, 3.05) is 0 Å². The molecule has 7 heteroatoms. The number of fused-ring (bicyclic) bond motifs is 1. The first-order valence-corrected chi connectivity index (χ1v) is 8.24. The maximum Gasteiger partial charge on any atom is 0.335 e. The molecule has 3 atom stereocenters. The van der Waals surface area contributed by atoms with Crippen molar-refractivity contribution in [1.82, 2.24) is 4.90 Å². The van der Waals surface area contributed by atoms with Gasteiger partial charge in [0.15, 0.2) is 0 Å². The van der Waals surface area contributed by atoms with Gasteiger partial charge in [-0.25, -0.2) is 4.79 Å². The molecule has 0 bridgehead atoms. The SMILES string of the molecule is CC1CC2CCCCC2N1C(=O)c1cc(C(=O)O)cc([N+](=O)[O-])c1. The minimum Gasteiger partial charge on any atom is -0.478 e. The number of nitro benzene ring substituents is 1. The highest BCUT2D eigenvalue weighted by Crippen LogP contribution is 2.40. The molecular formula is C17H20N2O5. The van der Waals surface area contributed by atoms with Crippen LogP contribution in [0.25, 0.3) is 0 Å². The molecule has 7 nitrogen and oxygen atoms in total. The number of hydrogen-bond donors (Lipinski definition) is 1. The van der Waals surface area contributed by atoms with Gasteiger partial charge in [0.25, 0.3) is 11.6 Å². The molecule has 1 aromatic rings. The maximum absolute atomic E-state index is 13.0. The van der Waals surface area contributed by atoms with Crippen molar-refractivity contribution < 1.29 is 19.6 Å². The van der Waals surface area contributed by atoms with E-state index in [-0.39, 0.29) is 34.8 Å². The third-order valence-corrected chi connectivity index (χ3v) is 5.20. The van der Waals surface area contributed by atoms with Gasteiger partial charge in [0.1, 0.15) is 0 Å². The van der Waals surface area contributed by atoms with E-state index < -0.39 is 10.9 Å². The number of aromatic carboxylic acids is 1. The van der Waals surface area contributed by atoms with Crippen molar-refractivity contribution in [1.29, 1.82) is 0 Å². The Balaban J connectivity index is 1.97. The summed E-state index contributed by atoms with van der Waals surface area (Å²) < 4.78 is 0. The van der Waals surface area contributed by atoms with Crippen LogP contribution in [0.2, 0.25) is 0 Å². The summed E-state index contributed by atoms with van der Waals surface area (Å²) in [6.07, 6.45) is 5.25. The number of hydrogen-bond acceptors (Lipinski definition) is 4. The third-order valence-electron chi connectivity index (χ3n) is 5.20. The molecule has 2 aliphatic rings. The van der Waals surface area contributed by atoms with E-state index in [0.717, 1.165) is 31.7 Å². The Morgan fingerprint density at radius 1 is 1.21 bits per heavy atom. The highest BCUT2D eigenvalue weighted by Gasteiger charge is 2.42. The van der Waals surface area contributed by atoms with Gasteiger partial charge in [-0.15, -0.1) is 0 Å². The van der Waals surface area contributed by atoms with Gasteiger partial charge in [0, 0.05) is 29.8 Å². The molecule has 1 aromatic carbocycles. The molecule has 1 N–H and O–H groups in total. The summed E-state index contributed by atoms with van der Waals surface area (Å²) in [6.45, 7) is 1.99. The lowest BCUT2D eigenvalue weighted by Crippen LogP contribution is -2.42. The van der Waals surface area contributed by atoms with Crippen molar-refractivity contribution in [3.8, 4) is 0 Å². The van der Waals surface area contributed by atoms with Crippen LogP contribution in [0.1, 0.15) is 59.7 Å². The number of amides is 1. The molecule has 1 saturated heterocycles. The Labute approximate surface area is 139 Å². The van der Waals surface area contributed by atoms with Crippen LogP contribution in [-0.4, -0.2) is 38.9 Å². The van der Waals surface area contributed by atoms with E-state index in [1.54, 1.807) is 0 Å². The highest BCUT2D eigenvalue weighted by atomic mass is 16.6. The quantitative estimate of drug-likeness (QED) is 0.677. The number of carboxylic acid groups (broad SMARTS) is 1. The van der Waals surface area contributed by atoms with Gasteiger partial charge in [-0.1, -0.05) is 12.8 Å². The number of carbonyl (C=O) groups is 2. The molecule has 1 aliphatic carbocycles. The van der Waals surface area contributed by atoms with E-state index >= 15 is 0 Å².